The van der Waals surface area contributed by atoms with Gasteiger partial charge in [-0.3, -0.25) is 4.79 Å². The molecule has 6 nitrogen and oxygen atoms in total. The maximum Gasteiger partial charge on any atom is 0.227 e. The first kappa shape index (κ1) is 16.1. The van der Waals surface area contributed by atoms with Crippen LogP contribution in [-0.2, 0) is 11.2 Å². The van der Waals surface area contributed by atoms with Gasteiger partial charge in [-0.1, -0.05) is 24.6 Å². The first-order chi connectivity index (χ1) is 11.1. The van der Waals surface area contributed by atoms with Gasteiger partial charge in [0.15, 0.2) is 0 Å². The number of nitrogens with zero attached hydrogens (tertiary/aromatic N) is 2. The molecule has 23 heavy (non-hydrogen) atoms. The van der Waals surface area contributed by atoms with Crippen molar-refractivity contribution >= 4 is 17.2 Å². The van der Waals surface area contributed by atoms with E-state index in [2.05, 4.69) is 15.5 Å². The molecule has 1 fully saturated rings. The highest BCUT2D eigenvalue weighted by molar-refractivity contribution is 7.13. The van der Waals surface area contributed by atoms with E-state index in [1.54, 1.807) is 11.3 Å². The van der Waals surface area contributed by atoms with Crippen LogP contribution in [0, 0.1) is 5.41 Å². The highest BCUT2D eigenvalue weighted by Crippen LogP contribution is 2.37. The van der Waals surface area contributed by atoms with Crippen molar-refractivity contribution in [1.82, 2.24) is 15.5 Å². The van der Waals surface area contributed by atoms with Crippen molar-refractivity contribution in [2.24, 2.45) is 5.41 Å². The van der Waals surface area contributed by atoms with Crippen molar-refractivity contribution in [3.8, 4) is 10.7 Å². The molecular formula is C16H21N3O3S. The second-order valence-electron chi connectivity index (χ2n) is 6.31. The van der Waals surface area contributed by atoms with Crippen LogP contribution < -0.4 is 5.32 Å². The van der Waals surface area contributed by atoms with Crippen LogP contribution in [0.25, 0.3) is 10.7 Å². The number of carbonyl (C=O) groups is 1. The summed E-state index contributed by atoms with van der Waals surface area (Å²) in [6, 6.07) is 3.91. The largest absolute Gasteiger partial charge is 0.396 e. The van der Waals surface area contributed by atoms with Crippen LogP contribution in [0.15, 0.2) is 22.0 Å². The molecule has 7 heteroatoms. The van der Waals surface area contributed by atoms with Gasteiger partial charge < -0.3 is 14.9 Å². The summed E-state index contributed by atoms with van der Waals surface area (Å²) >= 11 is 1.55. The Kier molecular flexibility index (Phi) is 4.77. The van der Waals surface area contributed by atoms with E-state index in [9.17, 15) is 9.90 Å². The molecule has 0 radical (unpaired) electrons. The van der Waals surface area contributed by atoms with E-state index in [1.807, 2.05) is 24.4 Å². The number of carbonyl (C=O) groups excluding carboxylic acids is 1. The molecule has 0 spiro atoms. The lowest BCUT2D eigenvalue weighted by atomic mass is 9.86. The van der Waals surface area contributed by atoms with Gasteiger partial charge in [0.05, 0.1) is 11.5 Å². The summed E-state index contributed by atoms with van der Waals surface area (Å²) in [6.45, 7) is 2.13. The minimum atomic E-state index is -0.202. The van der Waals surface area contributed by atoms with Crippen LogP contribution in [0.5, 0.6) is 0 Å². The minimum absolute atomic E-state index is 0.0348. The van der Waals surface area contributed by atoms with Crippen molar-refractivity contribution in [1.29, 1.82) is 0 Å². The molecular weight excluding hydrogens is 314 g/mol. The normalized spacial score (nSPS) is 24.0. The standard InChI is InChI=1S/C16H21N3O3S/c1-16(10-20)8-2-5-12(16)17-13(21)6-7-14-18-15(19-22-14)11-4-3-9-23-11/h3-4,9,12,20H,2,5-8,10H2,1H3,(H,17,21). The average molecular weight is 335 g/mol. The zero-order valence-corrected chi connectivity index (χ0v) is 13.9. The lowest BCUT2D eigenvalue weighted by molar-refractivity contribution is -0.122. The van der Waals surface area contributed by atoms with Crippen LogP contribution >= 0.6 is 11.3 Å². The Morgan fingerprint density at radius 1 is 1.61 bits per heavy atom. The van der Waals surface area contributed by atoms with Crippen LogP contribution in [0.2, 0.25) is 0 Å². The second-order valence-corrected chi connectivity index (χ2v) is 7.26. The number of thiophene rings is 1. The van der Waals surface area contributed by atoms with Gasteiger partial charge in [0.2, 0.25) is 17.6 Å². The van der Waals surface area contributed by atoms with Gasteiger partial charge in [0.1, 0.15) is 0 Å². The molecule has 3 rings (SSSR count). The van der Waals surface area contributed by atoms with Gasteiger partial charge in [-0.25, -0.2) is 0 Å². The predicted octanol–water partition coefficient (Wildman–Crippen LogP) is 2.40. The summed E-state index contributed by atoms with van der Waals surface area (Å²) in [5.41, 5.74) is -0.202. The average Bonchev–Trinajstić information content (AvgIpc) is 3.26. The summed E-state index contributed by atoms with van der Waals surface area (Å²) in [6.07, 6.45) is 3.64. The molecule has 1 saturated carbocycles. The number of hydrogen-bond acceptors (Lipinski definition) is 6. The van der Waals surface area contributed by atoms with E-state index in [0.29, 0.717) is 24.6 Å². The Morgan fingerprint density at radius 2 is 2.48 bits per heavy atom. The van der Waals surface area contributed by atoms with E-state index in [-0.39, 0.29) is 24.0 Å². The molecule has 0 aromatic carbocycles. The smallest absolute Gasteiger partial charge is 0.227 e. The molecule has 2 atom stereocenters. The van der Waals surface area contributed by atoms with Gasteiger partial charge in [-0.05, 0) is 24.3 Å². The third kappa shape index (κ3) is 3.61. The topological polar surface area (TPSA) is 88.2 Å². The number of amides is 1. The summed E-state index contributed by atoms with van der Waals surface area (Å²) in [5, 5.41) is 18.5. The van der Waals surface area contributed by atoms with Gasteiger partial charge in [0.25, 0.3) is 0 Å². The Morgan fingerprint density at radius 3 is 3.22 bits per heavy atom. The molecule has 2 aromatic rings. The van der Waals surface area contributed by atoms with E-state index in [0.717, 1.165) is 24.1 Å². The van der Waals surface area contributed by atoms with Crippen molar-refractivity contribution < 1.29 is 14.4 Å². The number of hydrogen-bond donors (Lipinski definition) is 2. The second kappa shape index (κ2) is 6.80. The van der Waals surface area contributed by atoms with Crippen LogP contribution in [-0.4, -0.2) is 33.8 Å². The van der Waals surface area contributed by atoms with E-state index < -0.39 is 0 Å². The van der Waals surface area contributed by atoms with Crippen LogP contribution in [0.1, 0.15) is 38.5 Å². The summed E-state index contributed by atoms with van der Waals surface area (Å²) in [4.78, 5) is 17.4. The highest BCUT2D eigenvalue weighted by Gasteiger charge is 2.38. The van der Waals surface area contributed by atoms with Gasteiger partial charge in [0, 0.05) is 24.3 Å². The van der Waals surface area contributed by atoms with Crippen molar-refractivity contribution in [3.05, 3.63) is 23.4 Å². The third-order valence-corrected chi connectivity index (χ3v) is 5.42. The fourth-order valence-corrected chi connectivity index (χ4v) is 3.67. The molecule has 2 N–H and O–H groups in total. The number of nitrogens with one attached hydrogen (secondary N) is 1. The van der Waals surface area contributed by atoms with Gasteiger partial charge in [-0.15, -0.1) is 11.3 Å². The van der Waals surface area contributed by atoms with E-state index >= 15 is 0 Å². The van der Waals surface area contributed by atoms with Crippen LogP contribution in [0.4, 0.5) is 0 Å². The predicted molar refractivity (Wildman–Crippen MR) is 86.9 cm³/mol. The van der Waals surface area contributed by atoms with Crippen molar-refractivity contribution in [3.63, 3.8) is 0 Å². The first-order valence-electron chi connectivity index (χ1n) is 7.87. The number of aryl methyl sites for hydroxylation is 1. The molecule has 0 saturated heterocycles. The molecule has 0 bridgehead atoms. The lowest BCUT2D eigenvalue weighted by Crippen LogP contribution is -2.44. The number of aromatic nitrogens is 2. The fourth-order valence-electron chi connectivity index (χ4n) is 3.02. The Labute approximate surface area is 138 Å². The first-order valence-corrected chi connectivity index (χ1v) is 8.75. The van der Waals surface area contributed by atoms with E-state index in [4.69, 9.17) is 4.52 Å². The molecule has 124 valence electrons. The molecule has 2 unspecified atom stereocenters. The number of aliphatic hydroxyl groups is 1. The third-order valence-electron chi connectivity index (χ3n) is 4.55. The summed E-state index contributed by atoms with van der Waals surface area (Å²) in [5.74, 6) is 1.01. The fraction of sp³-hybridized carbons (Fsp3) is 0.562. The SMILES string of the molecule is CC1(CO)CCCC1NC(=O)CCc1nc(-c2cccs2)no1. The van der Waals surface area contributed by atoms with Gasteiger partial charge in [-0.2, -0.15) is 4.98 Å². The highest BCUT2D eigenvalue weighted by atomic mass is 32.1. The molecule has 1 aliphatic carbocycles. The maximum absolute atomic E-state index is 12.1. The van der Waals surface area contributed by atoms with Crippen molar-refractivity contribution in [2.45, 2.75) is 45.1 Å². The number of aliphatic hydroxyl groups excluding tert-OH is 1. The lowest BCUT2D eigenvalue weighted by Gasteiger charge is -2.30. The van der Waals surface area contributed by atoms with E-state index in [1.165, 1.54) is 0 Å². The monoisotopic (exact) mass is 335 g/mol. The zero-order chi connectivity index (χ0) is 16.3. The Bertz CT molecular complexity index is 655. The molecule has 1 aliphatic rings. The van der Waals surface area contributed by atoms with Crippen LogP contribution in [0.3, 0.4) is 0 Å². The minimum Gasteiger partial charge on any atom is -0.396 e. The Balaban J connectivity index is 1.51. The molecule has 2 aromatic heterocycles. The quantitative estimate of drug-likeness (QED) is 0.846. The molecule has 2 heterocycles. The zero-order valence-electron chi connectivity index (χ0n) is 13.1. The summed E-state index contributed by atoms with van der Waals surface area (Å²) in [7, 11) is 0. The maximum atomic E-state index is 12.1. The van der Waals surface area contributed by atoms with Crippen molar-refractivity contribution in [2.75, 3.05) is 6.61 Å². The Hall–Kier alpha value is -1.73. The van der Waals surface area contributed by atoms with Gasteiger partial charge >= 0.3 is 0 Å². The number of rotatable bonds is 6. The molecule has 1 amide bonds. The summed E-state index contributed by atoms with van der Waals surface area (Å²) < 4.78 is 5.20. The molecule has 0 aliphatic heterocycles.